The van der Waals surface area contributed by atoms with E-state index in [1.54, 1.807) is 0 Å². The molecule has 30 heavy (non-hydrogen) atoms. The van der Waals surface area contributed by atoms with Gasteiger partial charge >= 0.3 is 0 Å². The monoisotopic (exact) mass is 456 g/mol. The summed E-state index contributed by atoms with van der Waals surface area (Å²) in [6.07, 6.45) is 13.1. The van der Waals surface area contributed by atoms with Crippen molar-refractivity contribution in [2.24, 2.45) is 46.3 Å². The zero-order chi connectivity index (χ0) is 21.9. The van der Waals surface area contributed by atoms with Crippen molar-refractivity contribution in [3.63, 3.8) is 0 Å². The van der Waals surface area contributed by atoms with Gasteiger partial charge in [0.05, 0.1) is 16.4 Å². The first-order valence-corrected chi connectivity index (χ1v) is 13.9. The number of fused-ring (bicyclic) bond motifs is 5. The van der Waals surface area contributed by atoms with Crippen molar-refractivity contribution in [3.8, 4) is 0 Å². The third-order valence-corrected chi connectivity index (χ3v) is 12.4. The minimum absolute atomic E-state index is 0.00904. The van der Waals surface area contributed by atoms with Crippen LogP contribution in [0.1, 0.15) is 105 Å². The lowest BCUT2D eigenvalue weighted by molar-refractivity contribution is -0.116. The number of alkyl halides is 2. The fourth-order valence-electron chi connectivity index (χ4n) is 9.19. The zero-order valence-electron chi connectivity index (χ0n) is 20.1. The molecule has 1 nitrogen and oxygen atoms in total. The van der Waals surface area contributed by atoms with Crippen molar-refractivity contribution in [2.45, 2.75) is 122 Å². The maximum absolute atomic E-state index is 10.4. The highest BCUT2D eigenvalue weighted by Crippen LogP contribution is 2.71. The Morgan fingerprint density at radius 3 is 2.40 bits per heavy atom. The lowest BCUT2D eigenvalue weighted by Crippen LogP contribution is -2.64. The smallest absolute Gasteiger partial charge is 0.0690 e. The van der Waals surface area contributed by atoms with Gasteiger partial charge in [-0.1, -0.05) is 53.9 Å². The topological polar surface area (TPSA) is 20.2 Å². The molecule has 10 atom stereocenters. The minimum Gasteiger partial charge on any atom is -0.393 e. The van der Waals surface area contributed by atoms with E-state index in [4.69, 9.17) is 23.2 Å². The molecular weight excluding hydrogens is 411 g/mol. The number of hydrogen-bond donors (Lipinski definition) is 1. The molecule has 0 spiro atoms. The second-order valence-electron chi connectivity index (χ2n) is 12.8. The van der Waals surface area contributed by atoms with Crippen molar-refractivity contribution < 1.29 is 5.11 Å². The lowest BCUT2D eigenvalue weighted by Gasteiger charge is -2.65. The zero-order valence-corrected chi connectivity index (χ0v) is 21.6. The van der Waals surface area contributed by atoms with Crippen LogP contribution in [0.4, 0.5) is 0 Å². The van der Waals surface area contributed by atoms with Gasteiger partial charge in [0.15, 0.2) is 0 Å². The maximum Gasteiger partial charge on any atom is 0.0690 e. The van der Waals surface area contributed by atoms with Gasteiger partial charge in [0.1, 0.15) is 0 Å². The molecule has 0 aliphatic heterocycles. The highest BCUT2D eigenvalue weighted by atomic mass is 35.5. The molecule has 0 heterocycles. The summed E-state index contributed by atoms with van der Waals surface area (Å²) in [5.41, 5.74) is 0.567. The van der Waals surface area contributed by atoms with Gasteiger partial charge in [-0.3, -0.25) is 0 Å². The number of hydrogen-bond acceptors (Lipinski definition) is 1. The second-order valence-corrected chi connectivity index (χ2v) is 14.0. The molecule has 4 rings (SSSR count). The van der Waals surface area contributed by atoms with Gasteiger partial charge in [0.2, 0.25) is 0 Å². The highest BCUT2D eigenvalue weighted by molar-refractivity contribution is 6.33. The quantitative estimate of drug-likeness (QED) is 0.414. The SMILES string of the molecule is CC(C)CCCC(C)C1CCC2C3CC(Cl)C4(Cl)CC(O)CCC4(C)C3CCC12C. The fourth-order valence-corrected chi connectivity index (χ4v) is 10.2. The molecule has 0 saturated heterocycles. The third-order valence-electron chi connectivity index (χ3n) is 10.9. The van der Waals surface area contributed by atoms with Gasteiger partial charge in [-0.15, -0.1) is 23.2 Å². The van der Waals surface area contributed by atoms with Crippen molar-refractivity contribution in [2.75, 3.05) is 0 Å². The first-order valence-electron chi connectivity index (χ1n) is 13.0. The molecule has 0 radical (unpaired) electrons. The molecule has 174 valence electrons. The first kappa shape index (κ1) is 23.7. The van der Waals surface area contributed by atoms with Gasteiger partial charge in [0, 0.05) is 0 Å². The molecule has 4 fully saturated rings. The lowest BCUT2D eigenvalue weighted by atomic mass is 9.44. The molecule has 0 aromatic carbocycles. The molecule has 3 heteroatoms. The van der Waals surface area contributed by atoms with E-state index in [1.165, 1.54) is 44.9 Å². The standard InChI is InChI=1S/C27H46Cl2O/c1-17(2)7-6-8-18(3)21-9-10-22-20-15-24(28)27(29)16-19(30)11-14-26(27,5)23(20)12-13-25(21,22)4/h17-24,30H,6-16H2,1-5H3. The molecule has 4 saturated carbocycles. The molecule has 0 bridgehead atoms. The average molecular weight is 458 g/mol. The van der Waals surface area contributed by atoms with Crippen LogP contribution in [-0.2, 0) is 0 Å². The van der Waals surface area contributed by atoms with Gasteiger partial charge < -0.3 is 5.11 Å². The molecule has 10 unspecified atom stereocenters. The number of halogens is 2. The van der Waals surface area contributed by atoms with Crippen LogP contribution in [0.5, 0.6) is 0 Å². The Hall–Kier alpha value is 0.540. The van der Waals surface area contributed by atoms with Crippen molar-refractivity contribution >= 4 is 23.2 Å². The number of aliphatic hydroxyl groups is 1. The predicted molar refractivity (Wildman–Crippen MR) is 129 cm³/mol. The summed E-state index contributed by atoms with van der Waals surface area (Å²) in [4.78, 5) is -0.427. The van der Waals surface area contributed by atoms with E-state index in [0.29, 0.717) is 17.8 Å². The minimum atomic E-state index is -0.427. The number of rotatable bonds is 5. The Balaban J connectivity index is 1.53. The molecule has 0 aromatic rings. The fraction of sp³-hybridized carbons (Fsp3) is 1.00. The number of aliphatic hydroxyl groups excluding tert-OH is 1. The van der Waals surface area contributed by atoms with E-state index in [2.05, 4.69) is 34.6 Å². The Morgan fingerprint density at radius 2 is 1.70 bits per heavy atom. The van der Waals surface area contributed by atoms with Gasteiger partial charge in [0.25, 0.3) is 0 Å². The van der Waals surface area contributed by atoms with Crippen LogP contribution in [0, 0.1) is 46.3 Å². The molecule has 0 amide bonds. The summed E-state index contributed by atoms with van der Waals surface area (Å²) < 4.78 is 0. The summed E-state index contributed by atoms with van der Waals surface area (Å²) in [5.74, 6) is 4.79. The van der Waals surface area contributed by atoms with Crippen LogP contribution in [-0.4, -0.2) is 21.5 Å². The average Bonchev–Trinajstić information content (AvgIpc) is 3.01. The van der Waals surface area contributed by atoms with Gasteiger partial charge in [-0.2, -0.15) is 0 Å². The summed E-state index contributed by atoms with van der Waals surface area (Å²) >= 11 is 14.4. The molecule has 1 N–H and O–H groups in total. The summed E-state index contributed by atoms with van der Waals surface area (Å²) in [6.45, 7) is 12.3. The van der Waals surface area contributed by atoms with Gasteiger partial charge in [-0.25, -0.2) is 0 Å². The Kier molecular flexibility index (Phi) is 6.63. The summed E-state index contributed by atoms with van der Waals surface area (Å²) in [6, 6.07) is 0. The van der Waals surface area contributed by atoms with Crippen molar-refractivity contribution in [1.82, 2.24) is 0 Å². The predicted octanol–water partition coefficient (Wildman–Crippen LogP) is 8.05. The van der Waals surface area contributed by atoms with Crippen LogP contribution in [0.2, 0.25) is 0 Å². The van der Waals surface area contributed by atoms with E-state index in [1.807, 2.05) is 0 Å². The van der Waals surface area contributed by atoms with Gasteiger partial charge in [-0.05, 0) is 97.7 Å². The van der Waals surface area contributed by atoms with E-state index in [9.17, 15) is 5.11 Å². The Bertz CT molecular complexity index is 622. The first-order chi connectivity index (χ1) is 14.0. The normalized spacial score (nSPS) is 51.9. The van der Waals surface area contributed by atoms with Crippen LogP contribution in [0.25, 0.3) is 0 Å². The van der Waals surface area contributed by atoms with Crippen LogP contribution < -0.4 is 0 Å². The van der Waals surface area contributed by atoms with Crippen molar-refractivity contribution in [1.29, 1.82) is 0 Å². The van der Waals surface area contributed by atoms with E-state index in [0.717, 1.165) is 48.9 Å². The molecule has 4 aliphatic rings. The Morgan fingerprint density at radius 1 is 0.967 bits per heavy atom. The summed E-state index contributed by atoms with van der Waals surface area (Å²) in [7, 11) is 0. The van der Waals surface area contributed by atoms with Crippen LogP contribution >= 0.6 is 23.2 Å². The molecule has 4 aliphatic carbocycles. The van der Waals surface area contributed by atoms with E-state index in [-0.39, 0.29) is 16.9 Å². The Labute approximate surface area is 196 Å². The molecule has 0 aromatic heterocycles. The van der Waals surface area contributed by atoms with Crippen LogP contribution in [0.3, 0.4) is 0 Å². The maximum atomic E-state index is 10.4. The molecular formula is C27H46Cl2O. The van der Waals surface area contributed by atoms with E-state index >= 15 is 0 Å². The highest BCUT2D eigenvalue weighted by Gasteiger charge is 2.67. The van der Waals surface area contributed by atoms with E-state index < -0.39 is 4.87 Å². The third kappa shape index (κ3) is 3.60. The largest absolute Gasteiger partial charge is 0.393 e. The van der Waals surface area contributed by atoms with Crippen LogP contribution in [0.15, 0.2) is 0 Å². The van der Waals surface area contributed by atoms with Crippen molar-refractivity contribution in [3.05, 3.63) is 0 Å². The second kappa shape index (κ2) is 8.39. The summed E-state index contributed by atoms with van der Waals surface area (Å²) in [5, 5.41) is 10.4.